The summed E-state index contributed by atoms with van der Waals surface area (Å²) in [6.45, 7) is 3.07. The van der Waals surface area contributed by atoms with Gasteiger partial charge in [-0.3, -0.25) is 0 Å². The Labute approximate surface area is 152 Å². The molecule has 26 heavy (non-hydrogen) atoms. The number of benzene rings is 1. The molecule has 2 aromatic rings. The standard InChI is InChI=1S/C19H23N3O4/c1-13-5-4-6-18(20-13)26-15-7-8-22(12-15)19(23)21-14-9-16(24-2)11-17(10-14)25-3/h4-6,9-11,15H,7-8,12H2,1-3H3,(H,21,23). The Kier molecular flexibility index (Phi) is 5.46. The van der Waals surface area contributed by atoms with Crippen molar-refractivity contribution in [1.29, 1.82) is 0 Å². The van der Waals surface area contributed by atoms with Crippen LogP contribution < -0.4 is 19.5 Å². The van der Waals surface area contributed by atoms with Gasteiger partial charge in [-0.2, -0.15) is 0 Å². The molecule has 1 unspecified atom stereocenters. The largest absolute Gasteiger partial charge is 0.497 e. The molecule has 3 rings (SSSR count). The summed E-state index contributed by atoms with van der Waals surface area (Å²) in [5.74, 6) is 1.83. The first kappa shape index (κ1) is 17.8. The number of aromatic nitrogens is 1. The molecule has 0 radical (unpaired) electrons. The minimum absolute atomic E-state index is 0.0603. The molecule has 1 N–H and O–H groups in total. The lowest BCUT2D eigenvalue weighted by Gasteiger charge is -2.18. The van der Waals surface area contributed by atoms with Crippen molar-refractivity contribution in [2.75, 3.05) is 32.6 Å². The molecule has 1 aliphatic rings. The monoisotopic (exact) mass is 357 g/mol. The first-order chi connectivity index (χ1) is 12.6. The molecule has 1 saturated heterocycles. The number of likely N-dealkylation sites (tertiary alicyclic amines) is 1. The lowest BCUT2D eigenvalue weighted by Crippen LogP contribution is -2.34. The number of nitrogens with zero attached hydrogens (tertiary/aromatic N) is 2. The van der Waals surface area contributed by atoms with Gasteiger partial charge in [0.25, 0.3) is 0 Å². The zero-order valence-corrected chi connectivity index (χ0v) is 15.2. The van der Waals surface area contributed by atoms with Crippen LogP contribution in [-0.4, -0.2) is 49.3 Å². The van der Waals surface area contributed by atoms with E-state index in [0.29, 0.717) is 36.2 Å². The number of methoxy groups -OCH3 is 2. The summed E-state index contributed by atoms with van der Waals surface area (Å²) >= 11 is 0. The Bertz CT molecular complexity index is 759. The zero-order valence-electron chi connectivity index (χ0n) is 15.2. The van der Waals surface area contributed by atoms with Crippen LogP contribution in [0, 0.1) is 6.92 Å². The average Bonchev–Trinajstić information content (AvgIpc) is 3.10. The van der Waals surface area contributed by atoms with Crippen molar-refractivity contribution in [2.45, 2.75) is 19.4 Å². The minimum Gasteiger partial charge on any atom is -0.497 e. The van der Waals surface area contributed by atoms with E-state index in [2.05, 4.69) is 10.3 Å². The van der Waals surface area contributed by atoms with Gasteiger partial charge in [0.15, 0.2) is 0 Å². The Morgan fingerprint density at radius 2 is 1.92 bits per heavy atom. The SMILES string of the molecule is COc1cc(NC(=O)N2CCC(Oc3cccc(C)n3)C2)cc(OC)c1. The number of hydrogen-bond donors (Lipinski definition) is 1. The highest BCUT2D eigenvalue weighted by Crippen LogP contribution is 2.26. The van der Waals surface area contributed by atoms with Gasteiger partial charge in [-0.25, -0.2) is 9.78 Å². The van der Waals surface area contributed by atoms with Crippen LogP contribution >= 0.6 is 0 Å². The third-order valence-corrected chi connectivity index (χ3v) is 4.19. The third kappa shape index (κ3) is 4.36. The maximum atomic E-state index is 12.5. The van der Waals surface area contributed by atoms with Gasteiger partial charge in [-0.15, -0.1) is 0 Å². The topological polar surface area (TPSA) is 72.9 Å². The Hall–Kier alpha value is -2.96. The molecule has 1 aromatic heterocycles. The fraction of sp³-hybridized carbons (Fsp3) is 0.368. The number of aryl methyl sites for hydroxylation is 1. The highest BCUT2D eigenvalue weighted by atomic mass is 16.5. The van der Waals surface area contributed by atoms with E-state index in [1.54, 1.807) is 37.3 Å². The summed E-state index contributed by atoms with van der Waals surface area (Å²) in [6.07, 6.45) is 0.708. The van der Waals surface area contributed by atoms with Crippen LogP contribution in [-0.2, 0) is 0 Å². The quantitative estimate of drug-likeness (QED) is 0.890. The highest BCUT2D eigenvalue weighted by molar-refractivity contribution is 5.90. The number of nitrogens with one attached hydrogen (secondary N) is 1. The van der Waals surface area contributed by atoms with Gasteiger partial charge in [-0.05, 0) is 13.0 Å². The normalized spacial score (nSPS) is 16.3. The number of carbonyl (C=O) groups is 1. The van der Waals surface area contributed by atoms with Crippen LogP contribution in [0.25, 0.3) is 0 Å². The van der Waals surface area contributed by atoms with Crippen molar-refractivity contribution < 1.29 is 19.0 Å². The number of ether oxygens (including phenoxy) is 3. The average molecular weight is 357 g/mol. The van der Waals surface area contributed by atoms with E-state index in [0.717, 1.165) is 12.1 Å². The molecule has 7 heteroatoms. The predicted octanol–water partition coefficient (Wildman–Crippen LogP) is 3.09. The fourth-order valence-corrected chi connectivity index (χ4v) is 2.85. The lowest BCUT2D eigenvalue weighted by atomic mass is 10.3. The van der Waals surface area contributed by atoms with Crippen molar-refractivity contribution in [3.05, 3.63) is 42.1 Å². The van der Waals surface area contributed by atoms with Crippen molar-refractivity contribution in [3.8, 4) is 17.4 Å². The number of hydrogen-bond acceptors (Lipinski definition) is 5. The smallest absolute Gasteiger partial charge is 0.321 e. The molecule has 1 atom stereocenters. The zero-order chi connectivity index (χ0) is 18.5. The van der Waals surface area contributed by atoms with Crippen molar-refractivity contribution in [3.63, 3.8) is 0 Å². The van der Waals surface area contributed by atoms with Gasteiger partial charge in [-0.1, -0.05) is 6.07 Å². The van der Waals surface area contributed by atoms with Crippen LogP contribution in [0.15, 0.2) is 36.4 Å². The van der Waals surface area contributed by atoms with Gasteiger partial charge in [0.05, 0.1) is 20.8 Å². The van der Waals surface area contributed by atoms with E-state index in [1.165, 1.54) is 0 Å². The second-order valence-electron chi connectivity index (χ2n) is 6.12. The van der Waals surface area contributed by atoms with E-state index >= 15 is 0 Å². The lowest BCUT2D eigenvalue weighted by molar-refractivity contribution is 0.189. The van der Waals surface area contributed by atoms with Gasteiger partial charge in [0, 0.05) is 48.6 Å². The van der Waals surface area contributed by atoms with Crippen LogP contribution in [0.3, 0.4) is 0 Å². The molecular formula is C19H23N3O4. The van der Waals surface area contributed by atoms with E-state index in [9.17, 15) is 4.79 Å². The summed E-state index contributed by atoms with van der Waals surface area (Å²) in [7, 11) is 3.14. The van der Waals surface area contributed by atoms with Crippen LogP contribution in [0.1, 0.15) is 12.1 Å². The Morgan fingerprint density at radius 1 is 1.19 bits per heavy atom. The van der Waals surface area contributed by atoms with E-state index in [1.807, 2.05) is 25.1 Å². The highest BCUT2D eigenvalue weighted by Gasteiger charge is 2.28. The molecule has 0 bridgehead atoms. The van der Waals surface area contributed by atoms with Crippen molar-refractivity contribution >= 4 is 11.7 Å². The summed E-state index contributed by atoms with van der Waals surface area (Å²) < 4.78 is 16.3. The third-order valence-electron chi connectivity index (χ3n) is 4.19. The molecule has 2 heterocycles. The number of carbonyl (C=O) groups excluding carboxylic acids is 1. The maximum absolute atomic E-state index is 12.5. The van der Waals surface area contributed by atoms with Crippen molar-refractivity contribution in [2.24, 2.45) is 0 Å². The first-order valence-corrected chi connectivity index (χ1v) is 8.46. The molecule has 7 nitrogen and oxygen atoms in total. The number of anilines is 1. The molecule has 2 amide bonds. The van der Waals surface area contributed by atoms with E-state index < -0.39 is 0 Å². The molecule has 1 aliphatic heterocycles. The van der Waals surface area contributed by atoms with Crippen LogP contribution in [0.5, 0.6) is 17.4 Å². The number of rotatable bonds is 5. The molecule has 0 spiro atoms. The summed E-state index contributed by atoms with van der Waals surface area (Å²) in [5.41, 5.74) is 1.53. The number of urea groups is 1. The van der Waals surface area contributed by atoms with Crippen molar-refractivity contribution in [1.82, 2.24) is 9.88 Å². The number of pyridine rings is 1. The number of amides is 2. The first-order valence-electron chi connectivity index (χ1n) is 8.46. The summed E-state index contributed by atoms with van der Waals surface area (Å²) in [6, 6.07) is 10.7. The molecule has 138 valence electrons. The fourth-order valence-electron chi connectivity index (χ4n) is 2.85. The molecular weight excluding hydrogens is 334 g/mol. The molecule has 1 fully saturated rings. The summed E-state index contributed by atoms with van der Waals surface area (Å²) in [5, 5.41) is 2.88. The summed E-state index contributed by atoms with van der Waals surface area (Å²) in [4.78, 5) is 18.6. The molecule has 0 aliphatic carbocycles. The van der Waals surface area contributed by atoms with Crippen LogP contribution in [0.4, 0.5) is 10.5 Å². The maximum Gasteiger partial charge on any atom is 0.321 e. The second-order valence-corrected chi connectivity index (χ2v) is 6.12. The van der Waals surface area contributed by atoms with E-state index in [-0.39, 0.29) is 12.1 Å². The Balaban J connectivity index is 1.59. The van der Waals surface area contributed by atoms with Gasteiger partial charge in [0.1, 0.15) is 17.6 Å². The van der Waals surface area contributed by atoms with Gasteiger partial charge >= 0.3 is 6.03 Å². The van der Waals surface area contributed by atoms with Gasteiger partial charge < -0.3 is 24.4 Å². The van der Waals surface area contributed by atoms with Gasteiger partial charge in [0.2, 0.25) is 5.88 Å². The Morgan fingerprint density at radius 3 is 2.58 bits per heavy atom. The van der Waals surface area contributed by atoms with E-state index in [4.69, 9.17) is 14.2 Å². The predicted molar refractivity (Wildman–Crippen MR) is 98.1 cm³/mol. The molecule has 1 aromatic carbocycles. The molecule has 0 saturated carbocycles. The second kappa shape index (κ2) is 7.95. The minimum atomic E-state index is -0.177. The van der Waals surface area contributed by atoms with Crippen LogP contribution in [0.2, 0.25) is 0 Å².